The van der Waals surface area contributed by atoms with Gasteiger partial charge < -0.3 is 4.90 Å². The molecule has 0 saturated carbocycles. The van der Waals surface area contributed by atoms with Gasteiger partial charge in [0, 0.05) is 0 Å². The third kappa shape index (κ3) is 7.60. The van der Waals surface area contributed by atoms with Crippen molar-refractivity contribution in [3.05, 3.63) is 12.2 Å². The normalized spacial score (nSPS) is 10.5. The van der Waals surface area contributed by atoms with Crippen molar-refractivity contribution in [3.63, 3.8) is 0 Å². The fourth-order valence-corrected chi connectivity index (χ4v) is 1.14. The molecule has 0 unspecified atom stereocenters. The van der Waals surface area contributed by atoms with E-state index >= 15 is 0 Å². The Morgan fingerprint density at radius 1 is 1.36 bits per heavy atom. The fourth-order valence-electron chi connectivity index (χ4n) is 1.14. The van der Waals surface area contributed by atoms with E-state index in [1.54, 1.807) is 0 Å². The molecule has 0 spiro atoms. The minimum absolute atomic E-state index is 1.17. The van der Waals surface area contributed by atoms with E-state index in [1.165, 1.54) is 37.9 Å². The van der Waals surface area contributed by atoms with Crippen LogP contribution in [0.15, 0.2) is 12.2 Å². The molecule has 0 atom stereocenters. The van der Waals surface area contributed by atoms with Crippen LogP contribution >= 0.6 is 0 Å². The second-order valence-corrected chi connectivity index (χ2v) is 3.36. The Bertz CT molecular complexity index is 107. The highest BCUT2D eigenvalue weighted by atomic mass is 15.1. The monoisotopic (exact) mass is 155 g/mol. The molecule has 1 heteroatoms. The van der Waals surface area contributed by atoms with Crippen molar-refractivity contribution in [2.24, 2.45) is 0 Å². The van der Waals surface area contributed by atoms with Crippen LogP contribution in [-0.4, -0.2) is 25.0 Å². The predicted octanol–water partition coefficient (Wildman–Crippen LogP) is 2.68. The third-order valence-electron chi connectivity index (χ3n) is 1.75. The molecule has 66 valence electrons. The zero-order valence-electron chi connectivity index (χ0n) is 8.19. The van der Waals surface area contributed by atoms with Crippen molar-refractivity contribution in [2.45, 2.75) is 33.1 Å². The van der Waals surface area contributed by atoms with Gasteiger partial charge in [0.15, 0.2) is 0 Å². The van der Waals surface area contributed by atoms with Gasteiger partial charge in [-0.3, -0.25) is 0 Å². The lowest BCUT2D eigenvalue weighted by atomic mass is 10.2. The Morgan fingerprint density at radius 3 is 2.45 bits per heavy atom. The Morgan fingerprint density at radius 2 is 2.00 bits per heavy atom. The van der Waals surface area contributed by atoms with Crippen LogP contribution in [0.2, 0.25) is 0 Å². The number of hydrogen-bond donors (Lipinski definition) is 0. The summed E-state index contributed by atoms with van der Waals surface area (Å²) in [7, 11) is 2.18. The molecule has 0 fully saturated rings. The van der Waals surface area contributed by atoms with Crippen molar-refractivity contribution in [1.82, 2.24) is 4.90 Å². The van der Waals surface area contributed by atoms with Crippen LogP contribution in [-0.2, 0) is 0 Å². The summed E-state index contributed by atoms with van der Waals surface area (Å²) in [5.41, 5.74) is 1.30. The Kier molecular flexibility index (Phi) is 6.24. The third-order valence-corrected chi connectivity index (χ3v) is 1.75. The summed E-state index contributed by atoms with van der Waals surface area (Å²) in [5, 5.41) is 0. The SMILES string of the molecule is C=C(C)CCCN(C)CCC. The largest absolute Gasteiger partial charge is 0.306 e. The quantitative estimate of drug-likeness (QED) is 0.533. The summed E-state index contributed by atoms with van der Waals surface area (Å²) in [6.45, 7) is 10.6. The van der Waals surface area contributed by atoms with E-state index in [0.717, 1.165) is 0 Å². The van der Waals surface area contributed by atoms with Gasteiger partial charge >= 0.3 is 0 Å². The first-order valence-electron chi connectivity index (χ1n) is 4.49. The van der Waals surface area contributed by atoms with Crippen LogP contribution in [0.1, 0.15) is 33.1 Å². The Hall–Kier alpha value is -0.300. The highest BCUT2D eigenvalue weighted by Gasteiger charge is 1.95. The molecule has 11 heavy (non-hydrogen) atoms. The lowest BCUT2D eigenvalue weighted by Gasteiger charge is -2.14. The molecule has 0 aliphatic heterocycles. The predicted molar refractivity (Wildman–Crippen MR) is 51.8 cm³/mol. The minimum atomic E-state index is 1.17. The first-order chi connectivity index (χ1) is 5.16. The summed E-state index contributed by atoms with van der Waals surface area (Å²) >= 11 is 0. The number of rotatable bonds is 6. The van der Waals surface area contributed by atoms with Crippen LogP contribution in [0.25, 0.3) is 0 Å². The van der Waals surface area contributed by atoms with Crippen LogP contribution < -0.4 is 0 Å². The van der Waals surface area contributed by atoms with Gasteiger partial charge in [0.05, 0.1) is 0 Å². The molecule has 0 aliphatic carbocycles. The van der Waals surface area contributed by atoms with Gasteiger partial charge in [0.2, 0.25) is 0 Å². The van der Waals surface area contributed by atoms with E-state index in [2.05, 4.69) is 32.4 Å². The van der Waals surface area contributed by atoms with Crippen LogP contribution in [0.4, 0.5) is 0 Å². The average molecular weight is 155 g/mol. The summed E-state index contributed by atoms with van der Waals surface area (Å²) in [6, 6.07) is 0. The standard InChI is InChI=1S/C10H21N/c1-5-8-11(4)9-6-7-10(2)3/h2,5-9H2,1,3-4H3. The molecule has 0 aromatic rings. The number of nitrogens with zero attached hydrogens (tertiary/aromatic N) is 1. The van der Waals surface area contributed by atoms with E-state index < -0.39 is 0 Å². The van der Waals surface area contributed by atoms with Crippen molar-refractivity contribution in [3.8, 4) is 0 Å². The molecule has 0 rings (SSSR count). The maximum absolute atomic E-state index is 3.88. The van der Waals surface area contributed by atoms with Gasteiger partial charge in [0.25, 0.3) is 0 Å². The average Bonchev–Trinajstić information content (AvgIpc) is 1.87. The fraction of sp³-hybridized carbons (Fsp3) is 0.800. The maximum atomic E-state index is 3.88. The van der Waals surface area contributed by atoms with Gasteiger partial charge in [-0.2, -0.15) is 0 Å². The molecule has 0 N–H and O–H groups in total. The second kappa shape index (κ2) is 6.41. The van der Waals surface area contributed by atoms with Crippen LogP contribution in [0.3, 0.4) is 0 Å². The van der Waals surface area contributed by atoms with E-state index in [9.17, 15) is 0 Å². The minimum Gasteiger partial charge on any atom is -0.306 e. The zero-order chi connectivity index (χ0) is 8.69. The van der Waals surface area contributed by atoms with Crippen molar-refractivity contribution in [1.29, 1.82) is 0 Å². The summed E-state index contributed by atoms with van der Waals surface area (Å²) in [4.78, 5) is 2.38. The first-order valence-corrected chi connectivity index (χ1v) is 4.49. The molecule has 0 bridgehead atoms. The first kappa shape index (κ1) is 10.7. The van der Waals surface area contributed by atoms with Crippen LogP contribution in [0.5, 0.6) is 0 Å². The smallest absolute Gasteiger partial charge is 0.00187 e. The highest BCUT2D eigenvalue weighted by Crippen LogP contribution is 2.01. The lowest BCUT2D eigenvalue weighted by molar-refractivity contribution is 0.330. The second-order valence-electron chi connectivity index (χ2n) is 3.36. The van der Waals surface area contributed by atoms with Gasteiger partial charge in [0.1, 0.15) is 0 Å². The molecule has 0 aromatic heterocycles. The lowest BCUT2D eigenvalue weighted by Crippen LogP contribution is -2.20. The molecule has 0 heterocycles. The van der Waals surface area contributed by atoms with Gasteiger partial charge in [-0.1, -0.05) is 12.5 Å². The molecule has 1 nitrogen and oxygen atoms in total. The van der Waals surface area contributed by atoms with Crippen molar-refractivity contribution < 1.29 is 0 Å². The molecule has 0 aliphatic rings. The molecular formula is C10H21N. The zero-order valence-corrected chi connectivity index (χ0v) is 8.19. The van der Waals surface area contributed by atoms with Gasteiger partial charge in [-0.05, 0) is 46.3 Å². The van der Waals surface area contributed by atoms with E-state index in [4.69, 9.17) is 0 Å². The topological polar surface area (TPSA) is 3.24 Å². The molecule has 0 radical (unpaired) electrons. The van der Waals surface area contributed by atoms with Crippen LogP contribution in [0, 0.1) is 0 Å². The molecule has 0 amide bonds. The Balaban J connectivity index is 3.16. The molecule has 0 saturated heterocycles. The highest BCUT2D eigenvalue weighted by molar-refractivity contribution is 4.87. The van der Waals surface area contributed by atoms with E-state index in [0.29, 0.717) is 0 Å². The van der Waals surface area contributed by atoms with Crippen molar-refractivity contribution in [2.75, 3.05) is 20.1 Å². The molecular weight excluding hydrogens is 134 g/mol. The Labute approximate surface area is 71.1 Å². The molecule has 0 aromatic carbocycles. The number of hydrogen-bond acceptors (Lipinski definition) is 1. The van der Waals surface area contributed by atoms with Gasteiger partial charge in [-0.25, -0.2) is 0 Å². The number of allylic oxidation sites excluding steroid dienone is 1. The van der Waals surface area contributed by atoms with Crippen molar-refractivity contribution >= 4 is 0 Å². The summed E-state index contributed by atoms with van der Waals surface area (Å²) in [5.74, 6) is 0. The van der Waals surface area contributed by atoms with Gasteiger partial charge in [-0.15, -0.1) is 6.58 Å². The summed E-state index contributed by atoms with van der Waals surface area (Å²) < 4.78 is 0. The van der Waals surface area contributed by atoms with E-state index in [1.807, 2.05) is 0 Å². The summed E-state index contributed by atoms with van der Waals surface area (Å²) in [6.07, 6.45) is 3.68. The maximum Gasteiger partial charge on any atom is -0.00187 e. The van der Waals surface area contributed by atoms with E-state index in [-0.39, 0.29) is 0 Å².